The maximum Gasteiger partial charge on any atom is 0.326 e. The minimum atomic E-state index is -1.37. The number of carbonyl (C=O) groups excluding carboxylic acids is 2. The Morgan fingerprint density at radius 2 is 2.10 bits per heavy atom. The van der Waals surface area contributed by atoms with Gasteiger partial charge in [0.25, 0.3) is 0 Å². The molecule has 1 amide bonds. The largest absolute Gasteiger partial charge is 0.480 e. The maximum atomic E-state index is 13.0. The van der Waals surface area contributed by atoms with Crippen LogP contribution in [0.2, 0.25) is 0 Å². The highest BCUT2D eigenvalue weighted by Gasteiger charge is 2.23. The average molecular weight is 297 g/mol. The monoisotopic (exact) mass is 297 g/mol. The lowest BCUT2D eigenvalue weighted by Gasteiger charge is -2.13. The van der Waals surface area contributed by atoms with E-state index < -0.39 is 36.1 Å². The van der Waals surface area contributed by atoms with Gasteiger partial charge in [-0.15, -0.1) is 0 Å². The number of carboxylic acids is 1. The number of hydrogen-bond acceptors (Lipinski definition) is 4. The second-order valence-electron chi connectivity index (χ2n) is 4.27. The van der Waals surface area contributed by atoms with Gasteiger partial charge < -0.3 is 15.2 Å². The fourth-order valence-corrected chi connectivity index (χ4v) is 1.66. The van der Waals surface area contributed by atoms with Crippen LogP contribution in [0, 0.1) is 5.82 Å². The van der Waals surface area contributed by atoms with E-state index >= 15 is 0 Å². The van der Waals surface area contributed by atoms with Gasteiger partial charge in [0.15, 0.2) is 0 Å². The molecule has 0 aliphatic heterocycles. The van der Waals surface area contributed by atoms with Crippen LogP contribution in [0.15, 0.2) is 24.3 Å². The van der Waals surface area contributed by atoms with Gasteiger partial charge in [-0.3, -0.25) is 9.59 Å². The summed E-state index contributed by atoms with van der Waals surface area (Å²) in [4.78, 5) is 34.0. The molecule has 0 saturated carbocycles. The van der Waals surface area contributed by atoms with E-state index in [9.17, 15) is 18.8 Å². The number of ether oxygens (including phenoxy) is 1. The van der Waals surface area contributed by atoms with Crippen molar-refractivity contribution in [3.05, 3.63) is 35.6 Å². The first kappa shape index (κ1) is 16.6. The number of halogens is 1. The molecule has 21 heavy (non-hydrogen) atoms. The first-order valence-corrected chi connectivity index (χ1v) is 6.34. The standard InChI is InChI=1S/C14H16FNO5/c1-2-21-13(18)8-11(14(19)20)16-12(17)7-9-4-3-5-10(15)6-9/h3-6,11H,2,7-8H2,1H3,(H,16,17)(H,19,20)/t11-/m0/s1. The molecular weight excluding hydrogens is 281 g/mol. The molecule has 6 nitrogen and oxygen atoms in total. The second-order valence-corrected chi connectivity index (χ2v) is 4.27. The summed E-state index contributed by atoms with van der Waals surface area (Å²) in [7, 11) is 0. The summed E-state index contributed by atoms with van der Waals surface area (Å²) in [5, 5.41) is 11.2. The highest BCUT2D eigenvalue weighted by atomic mass is 19.1. The Labute approximate surface area is 120 Å². The molecule has 0 aromatic heterocycles. The molecule has 0 fully saturated rings. The second kappa shape index (κ2) is 7.98. The van der Waals surface area contributed by atoms with E-state index in [1.54, 1.807) is 13.0 Å². The summed E-state index contributed by atoms with van der Waals surface area (Å²) < 4.78 is 17.6. The quantitative estimate of drug-likeness (QED) is 0.729. The third-order valence-electron chi connectivity index (χ3n) is 2.56. The van der Waals surface area contributed by atoms with Gasteiger partial charge in [0.2, 0.25) is 5.91 Å². The van der Waals surface area contributed by atoms with Crippen LogP contribution in [0.3, 0.4) is 0 Å². The third-order valence-corrected chi connectivity index (χ3v) is 2.56. The fraction of sp³-hybridized carbons (Fsp3) is 0.357. The first-order chi connectivity index (χ1) is 9.92. The van der Waals surface area contributed by atoms with Crippen LogP contribution in [0.25, 0.3) is 0 Å². The predicted molar refractivity (Wildman–Crippen MR) is 70.9 cm³/mol. The summed E-state index contributed by atoms with van der Waals surface area (Å²) in [6.07, 6.45) is -0.636. The fourth-order valence-electron chi connectivity index (χ4n) is 1.66. The number of benzene rings is 1. The molecule has 0 unspecified atom stereocenters. The smallest absolute Gasteiger partial charge is 0.326 e. The van der Waals surface area contributed by atoms with Crippen LogP contribution in [-0.2, 0) is 25.5 Å². The van der Waals surface area contributed by atoms with Crippen molar-refractivity contribution in [1.82, 2.24) is 5.32 Å². The van der Waals surface area contributed by atoms with Gasteiger partial charge in [-0.2, -0.15) is 0 Å². The first-order valence-electron chi connectivity index (χ1n) is 6.34. The number of rotatable bonds is 7. The number of carbonyl (C=O) groups is 3. The van der Waals surface area contributed by atoms with Crippen LogP contribution >= 0.6 is 0 Å². The van der Waals surface area contributed by atoms with Gasteiger partial charge in [0, 0.05) is 0 Å². The lowest BCUT2D eigenvalue weighted by molar-refractivity contribution is -0.150. The molecule has 0 heterocycles. The number of amides is 1. The Kier molecular flexibility index (Phi) is 6.32. The normalized spacial score (nSPS) is 11.5. The van der Waals surface area contributed by atoms with E-state index in [2.05, 4.69) is 10.1 Å². The molecule has 0 bridgehead atoms. The van der Waals surface area contributed by atoms with Crippen molar-refractivity contribution in [3.8, 4) is 0 Å². The zero-order valence-corrected chi connectivity index (χ0v) is 11.5. The summed E-state index contributed by atoms with van der Waals surface area (Å²) in [6, 6.07) is 4.04. The van der Waals surface area contributed by atoms with E-state index in [1.165, 1.54) is 18.2 Å². The highest BCUT2D eigenvalue weighted by molar-refractivity contribution is 5.88. The van der Waals surface area contributed by atoms with Crippen molar-refractivity contribution >= 4 is 17.8 Å². The molecule has 7 heteroatoms. The number of carboxylic acid groups (broad SMARTS) is 1. The molecule has 0 aliphatic carbocycles. The van der Waals surface area contributed by atoms with E-state index in [0.29, 0.717) is 5.56 Å². The van der Waals surface area contributed by atoms with Crippen LogP contribution in [0.4, 0.5) is 4.39 Å². The molecular formula is C14H16FNO5. The molecule has 0 aliphatic rings. The molecule has 0 saturated heterocycles. The zero-order valence-electron chi connectivity index (χ0n) is 11.5. The Hall–Kier alpha value is -2.44. The van der Waals surface area contributed by atoms with Gasteiger partial charge in [0.05, 0.1) is 19.4 Å². The van der Waals surface area contributed by atoms with Crippen molar-refractivity contribution in [1.29, 1.82) is 0 Å². The maximum absolute atomic E-state index is 13.0. The third kappa shape index (κ3) is 6.03. The van der Waals surface area contributed by atoms with Crippen molar-refractivity contribution < 1.29 is 28.6 Å². The van der Waals surface area contributed by atoms with Gasteiger partial charge in [-0.25, -0.2) is 9.18 Å². The van der Waals surface area contributed by atoms with Crippen LogP contribution in [-0.4, -0.2) is 35.6 Å². The van der Waals surface area contributed by atoms with E-state index in [1.807, 2.05) is 0 Å². The van der Waals surface area contributed by atoms with E-state index in [0.717, 1.165) is 0 Å². The minimum Gasteiger partial charge on any atom is -0.480 e. The highest BCUT2D eigenvalue weighted by Crippen LogP contribution is 2.05. The summed E-state index contributed by atoms with van der Waals surface area (Å²) in [5.41, 5.74) is 0.410. The lowest BCUT2D eigenvalue weighted by Crippen LogP contribution is -2.43. The van der Waals surface area contributed by atoms with Gasteiger partial charge in [0.1, 0.15) is 11.9 Å². The van der Waals surface area contributed by atoms with Crippen molar-refractivity contribution in [2.75, 3.05) is 6.61 Å². The molecule has 1 aromatic carbocycles. The Balaban J connectivity index is 2.60. The molecule has 1 aromatic rings. The average Bonchev–Trinajstić information content (AvgIpc) is 2.38. The van der Waals surface area contributed by atoms with Crippen LogP contribution in [0.5, 0.6) is 0 Å². The number of aliphatic carboxylic acids is 1. The minimum absolute atomic E-state index is 0.127. The summed E-state index contributed by atoms with van der Waals surface area (Å²) in [5.74, 6) is -3.15. The Bertz CT molecular complexity index is 532. The van der Waals surface area contributed by atoms with Gasteiger partial charge >= 0.3 is 11.9 Å². The van der Waals surface area contributed by atoms with E-state index in [4.69, 9.17) is 5.11 Å². The predicted octanol–water partition coefficient (Wildman–Crippen LogP) is 0.891. The van der Waals surface area contributed by atoms with Gasteiger partial charge in [-0.05, 0) is 24.6 Å². The molecule has 1 rings (SSSR count). The van der Waals surface area contributed by atoms with Crippen molar-refractivity contribution in [2.24, 2.45) is 0 Å². The molecule has 2 N–H and O–H groups in total. The molecule has 0 spiro atoms. The molecule has 1 atom stereocenters. The number of nitrogens with one attached hydrogen (secondary N) is 1. The van der Waals surface area contributed by atoms with Crippen LogP contribution in [0.1, 0.15) is 18.9 Å². The topological polar surface area (TPSA) is 92.7 Å². The lowest BCUT2D eigenvalue weighted by atomic mass is 10.1. The number of esters is 1. The van der Waals surface area contributed by atoms with Crippen molar-refractivity contribution in [2.45, 2.75) is 25.8 Å². The van der Waals surface area contributed by atoms with Crippen molar-refractivity contribution in [3.63, 3.8) is 0 Å². The Morgan fingerprint density at radius 1 is 1.38 bits per heavy atom. The molecule has 114 valence electrons. The van der Waals surface area contributed by atoms with E-state index in [-0.39, 0.29) is 13.0 Å². The molecule has 0 radical (unpaired) electrons. The zero-order chi connectivity index (χ0) is 15.8. The summed E-state index contributed by atoms with van der Waals surface area (Å²) >= 11 is 0. The van der Waals surface area contributed by atoms with Gasteiger partial charge in [-0.1, -0.05) is 12.1 Å². The summed E-state index contributed by atoms with van der Waals surface area (Å²) in [6.45, 7) is 1.72. The van der Waals surface area contributed by atoms with Crippen LogP contribution < -0.4 is 5.32 Å². The SMILES string of the molecule is CCOC(=O)C[C@H](NC(=O)Cc1cccc(F)c1)C(=O)O. The number of hydrogen-bond donors (Lipinski definition) is 2. The Morgan fingerprint density at radius 3 is 2.67 bits per heavy atom.